The fraction of sp³-hybridized carbons (Fsp3) is 0.350. The third-order valence-electron chi connectivity index (χ3n) is 5.53. The maximum Gasteiger partial charge on any atom is 0.219 e. The van der Waals surface area contributed by atoms with E-state index >= 15 is 0 Å². The van der Waals surface area contributed by atoms with Gasteiger partial charge in [0.1, 0.15) is 0 Å². The van der Waals surface area contributed by atoms with Crippen molar-refractivity contribution in [2.45, 2.75) is 33.7 Å². The van der Waals surface area contributed by atoms with Crippen molar-refractivity contribution in [3.05, 3.63) is 46.5 Å². The third-order valence-corrected chi connectivity index (χ3v) is 5.53. The smallest absolute Gasteiger partial charge is 0.219 e. The van der Waals surface area contributed by atoms with Gasteiger partial charge in [-0.05, 0) is 48.6 Å². The molecule has 0 spiro atoms. The van der Waals surface area contributed by atoms with Crippen LogP contribution >= 0.6 is 0 Å². The van der Waals surface area contributed by atoms with Crippen LogP contribution in [0.3, 0.4) is 0 Å². The van der Waals surface area contributed by atoms with Gasteiger partial charge in [0.2, 0.25) is 5.91 Å². The molecule has 3 nitrogen and oxygen atoms in total. The molecular weight excluding hydrogens is 284 g/mol. The second kappa shape index (κ2) is 4.85. The summed E-state index contributed by atoms with van der Waals surface area (Å²) in [5, 5.41) is 2.66. The number of nitrogens with zero attached hydrogens (tertiary/aromatic N) is 2. The number of carbonyl (C=O) groups excluding carboxylic acids is 1. The number of rotatable bonds is 0. The molecule has 2 heterocycles. The molecule has 3 aromatic rings. The molecular formula is C20H22N2O. The zero-order chi connectivity index (χ0) is 16.3. The van der Waals surface area contributed by atoms with Crippen molar-refractivity contribution in [3.8, 4) is 0 Å². The summed E-state index contributed by atoms with van der Waals surface area (Å²) in [5.41, 5.74) is 8.13. The Kier molecular flexibility index (Phi) is 3.02. The number of fused-ring (bicyclic) bond motifs is 4. The van der Waals surface area contributed by atoms with Gasteiger partial charge >= 0.3 is 0 Å². The molecule has 4 rings (SSSR count). The van der Waals surface area contributed by atoms with E-state index in [4.69, 9.17) is 0 Å². The van der Waals surface area contributed by atoms with Crippen molar-refractivity contribution < 1.29 is 4.79 Å². The monoisotopic (exact) mass is 306 g/mol. The number of benzene rings is 2. The predicted octanol–water partition coefficient (Wildman–Crippen LogP) is 3.85. The summed E-state index contributed by atoms with van der Waals surface area (Å²) in [5.74, 6) is 0.172. The minimum atomic E-state index is 0.172. The third kappa shape index (κ3) is 1.86. The van der Waals surface area contributed by atoms with Crippen LogP contribution in [0.1, 0.15) is 29.2 Å². The molecule has 2 aromatic carbocycles. The molecule has 1 aliphatic heterocycles. The summed E-state index contributed by atoms with van der Waals surface area (Å²) >= 11 is 0. The fourth-order valence-electron chi connectivity index (χ4n) is 4.30. The number of aromatic nitrogens is 1. The van der Waals surface area contributed by atoms with E-state index in [0.29, 0.717) is 0 Å². The van der Waals surface area contributed by atoms with Crippen molar-refractivity contribution in [1.82, 2.24) is 9.47 Å². The van der Waals surface area contributed by atoms with Gasteiger partial charge in [0.15, 0.2) is 0 Å². The van der Waals surface area contributed by atoms with Gasteiger partial charge in [-0.25, -0.2) is 0 Å². The molecule has 0 saturated heterocycles. The van der Waals surface area contributed by atoms with E-state index in [-0.39, 0.29) is 5.91 Å². The second-order valence-electron chi connectivity index (χ2n) is 6.70. The van der Waals surface area contributed by atoms with Gasteiger partial charge < -0.3 is 9.47 Å². The Morgan fingerprint density at radius 3 is 2.57 bits per heavy atom. The van der Waals surface area contributed by atoms with Crippen LogP contribution in [0.25, 0.3) is 21.8 Å². The first kappa shape index (κ1) is 14.3. The van der Waals surface area contributed by atoms with E-state index in [9.17, 15) is 4.79 Å². The summed E-state index contributed by atoms with van der Waals surface area (Å²) in [6.45, 7) is 7.71. The van der Waals surface area contributed by atoms with Crippen molar-refractivity contribution in [3.63, 3.8) is 0 Å². The Bertz CT molecular complexity index is 965. The molecule has 0 bridgehead atoms. The van der Waals surface area contributed by atoms with E-state index in [0.717, 1.165) is 19.5 Å². The highest BCUT2D eigenvalue weighted by atomic mass is 16.2. The van der Waals surface area contributed by atoms with Crippen molar-refractivity contribution in [2.24, 2.45) is 7.05 Å². The average Bonchev–Trinajstić information content (AvgIpc) is 2.86. The SMILES string of the molecule is CC(=O)N1CCc2c(c(C)c3c4ccccc4n(C)c3c2C)C1. The summed E-state index contributed by atoms with van der Waals surface area (Å²) in [7, 11) is 2.16. The Morgan fingerprint density at radius 1 is 1.09 bits per heavy atom. The first-order chi connectivity index (χ1) is 11.0. The maximum absolute atomic E-state index is 11.8. The van der Waals surface area contributed by atoms with Crippen molar-refractivity contribution in [1.29, 1.82) is 0 Å². The normalized spacial score (nSPS) is 14.5. The van der Waals surface area contributed by atoms with E-state index in [1.165, 1.54) is 44.1 Å². The summed E-state index contributed by atoms with van der Waals surface area (Å²) in [4.78, 5) is 13.8. The van der Waals surface area contributed by atoms with Crippen LogP contribution in [-0.4, -0.2) is 21.9 Å². The first-order valence-electron chi connectivity index (χ1n) is 8.24. The van der Waals surface area contributed by atoms with Crippen molar-refractivity contribution >= 4 is 27.7 Å². The van der Waals surface area contributed by atoms with Crippen LogP contribution < -0.4 is 0 Å². The molecule has 0 fully saturated rings. The molecule has 0 unspecified atom stereocenters. The predicted molar refractivity (Wildman–Crippen MR) is 94.7 cm³/mol. The molecule has 1 amide bonds. The Morgan fingerprint density at radius 2 is 1.83 bits per heavy atom. The minimum absolute atomic E-state index is 0.172. The summed E-state index contributed by atoms with van der Waals surface area (Å²) < 4.78 is 2.32. The van der Waals surface area contributed by atoms with Crippen LogP contribution in [0.15, 0.2) is 24.3 Å². The van der Waals surface area contributed by atoms with Crippen LogP contribution in [0.4, 0.5) is 0 Å². The van der Waals surface area contributed by atoms with E-state index < -0.39 is 0 Å². The van der Waals surface area contributed by atoms with Gasteiger partial charge in [-0.1, -0.05) is 18.2 Å². The molecule has 118 valence electrons. The van der Waals surface area contributed by atoms with E-state index in [1.54, 1.807) is 6.92 Å². The van der Waals surface area contributed by atoms with Gasteiger partial charge in [-0.2, -0.15) is 0 Å². The van der Waals surface area contributed by atoms with E-state index in [2.05, 4.69) is 49.7 Å². The van der Waals surface area contributed by atoms with Crippen LogP contribution in [0.5, 0.6) is 0 Å². The molecule has 1 aliphatic rings. The van der Waals surface area contributed by atoms with Crippen LogP contribution in [0, 0.1) is 13.8 Å². The zero-order valence-electron chi connectivity index (χ0n) is 14.2. The fourth-order valence-corrected chi connectivity index (χ4v) is 4.30. The van der Waals surface area contributed by atoms with Crippen LogP contribution in [-0.2, 0) is 24.8 Å². The van der Waals surface area contributed by atoms with Gasteiger partial charge in [0, 0.05) is 43.4 Å². The molecule has 1 aromatic heterocycles. The molecule has 23 heavy (non-hydrogen) atoms. The molecule has 0 N–H and O–H groups in total. The highest BCUT2D eigenvalue weighted by Gasteiger charge is 2.25. The molecule has 3 heteroatoms. The lowest BCUT2D eigenvalue weighted by molar-refractivity contribution is -0.129. The number of hydrogen-bond acceptors (Lipinski definition) is 1. The lowest BCUT2D eigenvalue weighted by atomic mass is 9.88. The lowest BCUT2D eigenvalue weighted by Crippen LogP contribution is -2.35. The Hall–Kier alpha value is -2.29. The molecule has 0 radical (unpaired) electrons. The molecule has 0 aliphatic carbocycles. The Labute approximate surface area is 136 Å². The summed E-state index contributed by atoms with van der Waals surface area (Å²) in [6, 6.07) is 8.61. The van der Waals surface area contributed by atoms with Gasteiger partial charge in [0.25, 0.3) is 0 Å². The second-order valence-corrected chi connectivity index (χ2v) is 6.70. The van der Waals surface area contributed by atoms with Gasteiger partial charge in [0.05, 0.1) is 5.52 Å². The Balaban J connectivity index is 2.11. The highest BCUT2D eigenvalue weighted by molar-refractivity contribution is 6.11. The largest absolute Gasteiger partial charge is 0.343 e. The van der Waals surface area contributed by atoms with Crippen molar-refractivity contribution in [2.75, 3.05) is 6.54 Å². The van der Waals surface area contributed by atoms with Gasteiger partial charge in [-0.3, -0.25) is 4.79 Å². The molecule has 0 atom stereocenters. The zero-order valence-corrected chi connectivity index (χ0v) is 14.2. The van der Waals surface area contributed by atoms with E-state index in [1.807, 2.05) is 4.90 Å². The van der Waals surface area contributed by atoms with Crippen LogP contribution in [0.2, 0.25) is 0 Å². The van der Waals surface area contributed by atoms with Gasteiger partial charge in [-0.15, -0.1) is 0 Å². The number of aryl methyl sites for hydroxylation is 3. The minimum Gasteiger partial charge on any atom is -0.343 e. The first-order valence-corrected chi connectivity index (χ1v) is 8.24. The summed E-state index contributed by atoms with van der Waals surface area (Å²) in [6.07, 6.45) is 0.957. The topological polar surface area (TPSA) is 25.2 Å². The maximum atomic E-state index is 11.8. The highest BCUT2D eigenvalue weighted by Crippen LogP contribution is 2.38. The lowest BCUT2D eigenvalue weighted by Gasteiger charge is -2.31. The number of hydrogen-bond donors (Lipinski definition) is 0. The quantitative estimate of drug-likeness (QED) is 0.619. The standard InChI is InChI=1S/C20H22N2O/c1-12-17-11-22(14(3)23)10-9-15(17)13(2)20-19(12)16-7-5-6-8-18(16)21(20)4/h5-8H,9-11H2,1-4H3. The average molecular weight is 306 g/mol. The number of carbonyl (C=O) groups is 1. The number of para-hydroxylation sites is 1. The molecule has 0 saturated carbocycles. The number of amides is 1.